The molecular formula is C11H14O4S. The van der Waals surface area contributed by atoms with E-state index in [1.807, 2.05) is 0 Å². The molecule has 88 valence electrons. The molecule has 0 spiro atoms. The highest BCUT2D eigenvalue weighted by Gasteiger charge is 2.11. The van der Waals surface area contributed by atoms with Crippen LogP contribution in [0.2, 0.25) is 0 Å². The maximum atomic E-state index is 11.7. The minimum absolute atomic E-state index is 0.186. The topological polar surface area (TPSA) is 74.6 Å². The van der Waals surface area contributed by atoms with E-state index in [-0.39, 0.29) is 10.6 Å². The Bertz CT molecular complexity index is 436. The molecule has 1 aromatic rings. The lowest BCUT2D eigenvalue weighted by molar-refractivity contribution is 0.131. The van der Waals surface area contributed by atoms with Crippen LogP contribution in [0.1, 0.15) is 0 Å². The third-order valence-corrected chi connectivity index (χ3v) is 3.58. The highest BCUT2D eigenvalue weighted by atomic mass is 32.2. The molecule has 1 aromatic carbocycles. The summed E-state index contributed by atoms with van der Waals surface area (Å²) in [7, 11) is -3.34. The molecule has 0 heterocycles. The van der Waals surface area contributed by atoms with Crippen molar-refractivity contribution in [3.8, 4) is 0 Å². The zero-order valence-electron chi connectivity index (χ0n) is 8.65. The van der Waals surface area contributed by atoms with E-state index in [0.29, 0.717) is 0 Å². The molecule has 4 nitrogen and oxygen atoms in total. The zero-order valence-corrected chi connectivity index (χ0v) is 9.47. The van der Waals surface area contributed by atoms with Crippen LogP contribution in [0.3, 0.4) is 0 Å². The van der Waals surface area contributed by atoms with E-state index < -0.39 is 22.5 Å². The summed E-state index contributed by atoms with van der Waals surface area (Å²) in [5.74, 6) is -0.186. The van der Waals surface area contributed by atoms with Crippen LogP contribution in [-0.2, 0) is 9.84 Å². The van der Waals surface area contributed by atoms with Gasteiger partial charge in [0.25, 0.3) is 0 Å². The Kier molecular flexibility index (Phi) is 4.67. The van der Waals surface area contributed by atoms with Gasteiger partial charge in [-0.15, -0.1) is 0 Å². The Morgan fingerprint density at radius 3 is 2.44 bits per heavy atom. The number of hydrogen-bond donors (Lipinski definition) is 2. The molecule has 16 heavy (non-hydrogen) atoms. The molecule has 0 radical (unpaired) electrons. The van der Waals surface area contributed by atoms with Crippen molar-refractivity contribution in [1.82, 2.24) is 0 Å². The Morgan fingerprint density at radius 1 is 1.25 bits per heavy atom. The van der Waals surface area contributed by atoms with E-state index in [1.54, 1.807) is 18.2 Å². The summed E-state index contributed by atoms with van der Waals surface area (Å²) in [4.78, 5) is 0.248. The van der Waals surface area contributed by atoms with Crippen molar-refractivity contribution < 1.29 is 18.6 Å². The molecular weight excluding hydrogens is 228 g/mol. The molecule has 1 atom stereocenters. The first-order valence-electron chi connectivity index (χ1n) is 4.79. The van der Waals surface area contributed by atoms with Gasteiger partial charge in [-0.1, -0.05) is 30.4 Å². The molecule has 0 aliphatic rings. The normalized spacial score (nSPS) is 14.1. The van der Waals surface area contributed by atoms with E-state index in [1.165, 1.54) is 24.3 Å². The third kappa shape index (κ3) is 3.77. The first-order chi connectivity index (χ1) is 7.56. The van der Waals surface area contributed by atoms with Gasteiger partial charge in [-0.05, 0) is 12.1 Å². The highest BCUT2D eigenvalue weighted by Crippen LogP contribution is 2.10. The molecule has 2 N–H and O–H groups in total. The Hall–Kier alpha value is -1.17. The molecule has 0 fully saturated rings. The highest BCUT2D eigenvalue weighted by molar-refractivity contribution is 7.91. The SMILES string of the molecule is O=S(=O)(C/C=C/C(O)CO)c1ccccc1. The predicted molar refractivity (Wildman–Crippen MR) is 60.7 cm³/mol. The molecule has 0 bridgehead atoms. The van der Waals surface area contributed by atoms with E-state index in [9.17, 15) is 8.42 Å². The summed E-state index contributed by atoms with van der Waals surface area (Å²) in [6, 6.07) is 8.08. The van der Waals surface area contributed by atoms with Crippen LogP contribution in [0.25, 0.3) is 0 Å². The number of sulfone groups is 1. The smallest absolute Gasteiger partial charge is 0.181 e. The van der Waals surface area contributed by atoms with Crippen LogP contribution in [0.5, 0.6) is 0 Å². The Morgan fingerprint density at radius 2 is 1.88 bits per heavy atom. The van der Waals surface area contributed by atoms with Gasteiger partial charge < -0.3 is 10.2 Å². The van der Waals surface area contributed by atoms with Crippen molar-refractivity contribution in [2.75, 3.05) is 12.4 Å². The van der Waals surface area contributed by atoms with Gasteiger partial charge in [0, 0.05) is 0 Å². The number of aliphatic hydroxyl groups is 2. The number of aliphatic hydroxyl groups excluding tert-OH is 2. The second-order valence-electron chi connectivity index (χ2n) is 3.27. The number of rotatable bonds is 5. The zero-order chi connectivity index (χ0) is 12.0. The average molecular weight is 242 g/mol. The first kappa shape index (κ1) is 12.9. The molecule has 1 rings (SSSR count). The molecule has 5 heteroatoms. The van der Waals surface area contributed by atoms with E-state index >= 15 is 0 Å². The summed E-state index contributed by atoms with van der Waals surface area (Å²) >= 11 is 0. The molecule has 0 aromatic heterocycles. The lowest BCUT2D eigenvalue weighted by Crippen LogP contribution is -2.09. The summed E-state index contributed by atoms with van der Waals surface area (Å²) in [5, 5.41) is 17.5. The largest absolute Gasteiger partial charge is 0.393 e. The van der Waals surface area contributed by atoms with Crippen LogP contribution in [0.15, 0.2) is 47.4 Å². The van der Waals surface area contributed by atoms with Gasteiger partial charge in [0.2, 0.25) is 0 Å². The number of hydrogen-bond acceptors (Lipinski definition) is 4. The minimum Gasteiger partial charge on any atom is -0.393 e. The van der Waals surface area contributed by atoms with Gasteiger partial charge in [-0.3, -0.25) is 0 Å². The van der Waals surface area contributed by atoms with Crippen LogP contribution in [0, 0.1) is 0 Å². The van der Waals surface area contributed by atoms with Gasteiger partial charge in [0.05, 0.1) is 23.4 Å². The Labute approximate surface area is 94.8 Å². The van der Waals surface area contributed by atoms with Gasteiger partial charge in [0.15, 0.2) is 9.84 Å². The second kappa shape index (κ2) is 5.79. The molecule has 0 saturated heterocycles. The quantitative estimate of drug-likeness (QED) is 0.732. The van der Waals surface area contributed by atoms with Crippen molar-refractivity contribution in [2.24, 2.45) is 0 Å². The molecule has 1 unspecified atom stereocenters. The maximum absolute atomic E-state index is 11.7. The molecule has 0 amide bonds. The lowest BCUT2D eigenvalue weighted by Gasteiger charge is -2.01. The minimum atomic E-state index is -3.34. The number of benzene rings is 1. The third-order valence-electron chi connectivity index (χ3n) is 1.96. The average Bonchev–Trinajstić information content (AvgIpc) is 2.30. The van der Waals surface area contributed by atoms with Crippen molar-refractivity contribution in [3.63, 3.8) is 0 Å². The Balaban J connectivity index is 2.71. The monoisotopic (exact) mass is 242 g/mol. The van der Waals surface area contributed by atoms with Crippen LogP contribution < -0.4 is 0 Å². The van der Waals surface area contributed by atoms with Gasteiger partial charge in [-0.25, -0.2) is 8.42 Å². The van der Waals surface area contributed by atoms with Gasteiger partial charge in [-0.2, -0.15) is 0 Å². The van der Waals surface area contributed by atoms with Crippen molar-refractivity contribution in [1.29, 1.82) is 0 Å². The molecule has 0 saturated carbocycles. The van der Waals surface area contributed by atoms with E-state index in [0.717, 1.165) is 0 Å². The van der Waals surface area contributed by atoms with Gasteiger partial charge >= 0.3 is 0 Å². The van der Waals surface area contributed by atoms with Crippen LogP contribution in [-0.4, -0.2) is 37.1 Å². The fourth-order valence-corrected chi connectivity index (χ4v) is 2.25. The maximum Gasteiger partial charge on any atom is 0.181 e. The van der Waals surface area contributed by atoms with Crippen molar-refractivity contribution in [3.05, 3.63) is 42.5 Å². The molecule has 0 aliphatic heterocycles. The summed E-state index contributed by atoms with van der Waals surface area (Å²) in [6.45, 7) is -0.415. The molecule has 0 aliphatic carbocycles. The summed E-state index contributed by atoms with van der Waals surface area (Å²) in [5.41, 5.74) is 0. The predicted octanol–water partition coefficient (Wildman–Crippen LogP) is 0.370. The van der Waals surface area contributed by atoms with Gasteiger partial charge in [0.1, 0.15) is 0 Å². The van der Waals surface area contributed by atoms with Crippen LogP contribution >= 0.6 is 0 Å². The summed E-state index contributed by atoms with van der Waals surface area (Å²) < 4.78 is 23.4. The second-order valence-corrected chi connectivity index (χ2v) is 5.31. The fraction of sp³-hybridized carbons (Fsp3) is 0.273. The van der Waals surface area contributed by atoms with Crippen molar-refractivity contribution in [2.45, 2.75) is 11.0 Å². The lowest BCUT2D eigenvalue weighted by atomic mass is 10.3. The van der Waals surface area contributed by atoms with E-state index in [4.69, 9.17) is 10.2 Å². The first-order valence-corrected chi connectivity index (χ1v) is 6.45. The fourth-order valence-electron chi connectivity index (χ4n) is 1.12. The van der Waals surface area contributed by atoms with E-state index in [2.05, 4.69) is 0 Å². The van der Waals surface area contributed by atoms with Crippen molar-refractivity contribution >= 4 is 9.84 Å². The standard InChI is InChI=1S/C11H14O4S/c12-9-10(13)5-4-8-16(14,15)11-6-2-1-3-7-11/h1-7,10,12-13H,8-9H2/b5-4+. The van der Waals surface area contributed by atoms with Crippen LogP contribution in [0.4, 0.5) is 0 Å². The summed E-state index contributed by atoms with van der Waals surface area (Å²) in [6.07, 6.45) is 1.59.